The number of pyridine rings is 1. The number of amides is 1. The zero-order chi connectivity index (χ0) is 23.4. The summed E-state index contributed by atoms with van der Waals surface area (Å²) in [5.74, 6) is -0.118. The Bertz CT molecular complexity index is 1330. The first-order valence-corrected chi connectivity index (χ1v) is 10.8. The molecule has 2 aromatic heterocycles. The van der Waals surface area contributed by atoms with E-state index in [0.717, 1.165) is 22.2 Å². The Kier molecular flexibility index (Phi) is 6.32. The Morgan fingerprint density at radius 1 is 1.18 bits per heavy atom. The summed E-state index contributed by atoms with van der Waals surface area (Å²) < 4.78 is 1.84. The third-order valence-corrected chi connectivity index (χ3v) is 5.45. The normalized spacial score (nSPS) is 10.8. The topological polar surface area (TPSA) is 74.8 Å². The van der Waals surface area contributed by atoms with Gasteiger partial charge in [-0.1, -0.05) is 48.5 Å². The zero-order valence-corrected chi connectivity index (χ0v) is 18.8. The summed E-state index contributed by atoms with van der Waals surface area (Å²) in [5, 5.41) is 14.3. The van der Waals surface area contributed by atoms with Crippen LogP contribution in [0.3, 0.4) is 0 Å². The van der Waals surface area contributed by atoms with Crippen molar-refractivity contribution in [2.45, 2.75) is 26.4 Å². The summed E-state index contributed by atoms with van der Waals surface area (Å²) in [6.07, 6.45) is 3.44. The molecule has 0 saturated carbocycles. The quantitative estimate of drug-likeness (QED) is 0.365. The molecule has 0 aliphatic rings. The van der Waals surface area contributed by atoms with Crippen LogP contribution in [0.2, 0.25) is 0 Å². The highest BCUT2D eigenvalue weighted by Crippen LogP contribution is 2.27. The summed E-state index contributed by atoms with van der Waals surface area (Å²) in [4.78, 5) is 20.4. The van der Waals surface area contributed by atoms with E-state index in [2.05, 4.69) is 17.7 Å². The third-order valence-electron chi connectivity index (χ3n) is 5.45. The monoisotopic (exact) mass is 435 g/mol. The van der Waals surface area contributed by atoms with Crippen LogP contribution in [-0.4, -0.2) is 32.1 Å². The predicted molar refractivity (Wildman–Crippen MR) is 129 cm³/mol. The lowest BCUT2D eigenvalue weighted by molar-refractivity contribution is 0.0764. The summed E-state index contributed by atoms with van der Waals surface area (Å²) in [6.45, 7) is 8.71. The van der Waals surface area contributed by atoms with E-state index in [1.807, 2.05) is 67.1 Å². The average molecular weight is 436 g/mol. The highest BCUT2D eigenvalue weighted by Gasteiger charge is 2.22. The van der Waals surface area contributed by atoms with Gasteiger partial charge in [0.05, 0.1) is 34.5 Å². The molecule has 1 amide bonds. The first kappa shape index (κ1) is 22.0. The van der Waals surface area contributed by atoms with Crippen LogP contribution in [0.25, 0.3) is 22.3 Å². The number of nitriles is 1. The van der Waals surface area contributed by atoms with Crippen molar-refractivity contribution in [1.82, 2.24) is 19.7 Å². The molecule has 6 nitrogen and oxygen atoms in total. The number of benzene rings is 2. The van der Waals surface area contributed by atoms with Crippen molar-refractivity contribution < 1.29 is 4.79 Å². The van der Waals surface area contributed by atoms with Gasteiger partial charge in [0.15, 0.2) is 5.65 Å². The number of fused-ring (bicyclic) bond motifs is 1. The minimum atomic E-state index is -0.118. The van der Waals surface area contributed by atoms with Crippen LogP contribution in [-0.2, 0) is 6.54 Å². The van der Waals surface area contributed by atoms with Crippen molar-refractivity contribution >= 4 is 16.9 Å². The fourth-order valence-corrected chi connectivity index (χ4v) is 3.78. The third kappa shape index (κ3) is 4.53. The maximum atomic E-state index is 13.8. The summed E-state index contributed by atoms with van der Waals surface area (Å²) in [7, 11) is 0. The second-order valence-corrected chi connectivity index (χ2v) is 8.12. The molecule has 0 bridgehead atoms. The molecular weight excluding hydrogens is 410 g/mol. The van der Waals surface area contributed by atoms with Crippen molar-refractivity contribution in [3.05, 3.63) is 96.2 Å². The van der Waals surface area contributed by atoms with Gasteiger partial charge in [-0.3, -0.25) is 4.79 Å². The lowest BCUT2D eigenvalue weighted by Gasteiger charge is -2.22. The Morgan fingerprint density at radius 3 is 2.55 bits per heavy atom. The summed E-state index contributed by atoms with van der Waals surface area (Å²) in [5.41, 5.74) is 4.44. The van der Waals surface area contributed by atoms with E-state index in [4.69, 9.17) is 10.2 Å². The van der Waals surface area contributed by atoms with Crippen molar-refractivity contribution in [3.8, 4) is 17.3 Å². The fourth-order valence-electron chi connectivity index (χ4n) is 3.78. The smallest absolute Gasteiger partial charge is 0.255 e. The van der Waals surface area contributed by atoms with Gasteiger partial charge in [0.2, 0.25) is 0 Å². The summed E-state index contributed by atoms with van der Waals surface area (Å²) >= 11 is 0. The van der Waals surface area contributed by atoms with Crippen LogP contribution in [0.15, 0.2) is 79.5 Å². The molecule has 0 atom stereocenters. The molecule has 0 fully saturated rings. The van der Waals surface area contributed by atoms with Crippen LogP contribution < -0.4 is 0 Å². The van der Waals surface area contributed by atoms with Gasteiger partial charge in [-0.05, 0) is 37.6 Å². The maximum Gasteiger partial charge on any atom is 0.255 e. The number of hydrogen-bond donors (Lipinski definition) is 0. The Morgan fingerprint density at radius 2 is 1.91 bits per heavy atom. The van der Waals surface area contributed by atoms with E-state index >= 15 is 0 Å². The summed E-state index contributed by atoms with van der Waals surface area (Å²) in [6, 6.07) is 21.2. The molecule has 4 aromatic rings. The number of aromatic nitrogens is 3. The van der Waals surface area contributed by atoms with Crippen LogP contribution in [0.1, 0.15) is 41.4 Å². The van der Waals surface area contributed by atoms with Crippen molar-refractivity contribution in [2.24, 2.45) is 0 Å². The van der Waals surface area contributed by atoms with E-state index in [1.54, 1.807) is 29.3 Å². The van der Waals surface area contributed by atoms with E-state index in [9.17, 15) is 4.79 Å². The van der Waals surface area contributed by atoms with Crippen LogP contribution >= 0.6 is 0 Å². The fraction of sp³-hybridized carbons (Fsp3) is 0.185. The molecular formula is C27H25N5O. The molecule has 0 N–H and O–H groups in total. The molecule has 2 aromatic carbocycles. The van der Waals surface area contributed by atoms with Crippen LogP contribution in [0, 0.1) is 11.3 Å². The molecule has 0 unspecified atom stereocenters. The molecule has 4 rings (SSSR count). The average Bonchev–Trinajstić information content (AvgIpc) is 3.28. The van der Waals surface area contributed by atoms with E-state index < -0.39 is 0 Å². The lowest BCUT2D eigenvalue weighted by atomic mass is 10.1. The largest absolute Gasteiger partial charge is 0.331 e. The molecule has 0 radical (unpaired) electrons. The van der Waals surface area contributed by atoms with Crippen molar-refractivity contribution in [1.29, 1.82) is 5.26 Å². The lowest BCUT2D eigenvalue weighted by Crippen LogP contribution is -2.31. The number of carbonyl (C=O) groups excluding carboxylic acids is 1. The SMILES string of the molecule is C=CCN(Cc1ccc(C#N)cc1)C(=O)c1cc(-c2ccccc2)nc2c1cnn2C(C)C. The van der Waals surface area contributed by atoms with Crippen LogP contribution in [0.4, 0.5) is 0 Å². The standard InChI is InChI=1S/C27H25N5O/c1-4-14-31(18-21-12-10-20(16-28)11-13-21)27(33)23-15-25(22-8-6-5-7-9-22)30-26-24(23)17-29-32(26)19(2)3/h4-13,15,17,19H,1,14,18H2,2-3H3. The van der Waals surface area contributed by atoms with E-state index in [-0.39, 0.29) is 11.9 Å². The minimum absolute atomic E-state index is 0.104. The van der Waals surface area contributed by atoms with Gasteiger partial charge in [-0.25, -0.2) is 9.67 Å². The molecule has 33 heavy (non-hydrogen) atoms. The second kappa shape index (κ2) is 9.49. The van der Waals surface area contributed by atoms with Gasteiger partial charge < -0.3 is 4.90 Å². The Balaban J connectivity index is 1.80. The number of nitrogens with zero attached hydrogens (tertiary/aromatic N) is 5. The molecule has 164 valence electrons. The maximum absolute atomic E-state index is 13.8. The number of carbonyl (C=O) groups is 1. The highest BCUT2D eigenvalue weighted by atomic mass is 16.2. The van der Waals surface area contributed by atoms with Gasteiger partial charge in [0, 0.05) is 24.7 Å². The second-order valence-electron chi connectivity index (χ2n) is 8.12. The van der Waals surface area contributed by atoms with Crippen molar-refractivity contribution in [3.63, 3.8) is 0 Å². The minimum Gasteiger partial charge on any atom is -0.331 e. The molecule has 0 spiro atoms. The zero-order valence-electron chi connectivity index (χ0n) is 18.8. The molecule has 6 heteroatoms. The van der Waals surface area contributed by atoms with E-state index in [1.165, 1.54) is 0 Å². The van der Waals surface area contributed by atoms with E-state index in [0.29, 0.717) is 29.9 Å². The first-order valence-electron chi connectivity index (χ1n) is 10.8. The van der Waals surface area contributed by atoms with Gasteiger partial charge >= 0.3 is 0 Å². The van der Waals surface area contributed by atoms with Gasteiger partial charge in [-0.15, -0.1) is 6.58 Å². The molecule has 0 aliphatic heterocycles. The van der Waals surface area contributed by atoms with Gasteiger partial charge in [0.1, 0.15) is 0 Å². The molecule has 2 heterocycles. The number of rotatable bonds is 7. The Hall–Kier alpha value is -4.24. The van der Waals surface area contributed by atoms with Crippen molar-refractivity contribution in [2.75, 3.05) is 6.54 Å². The van der Waals surface area contributed by atoms with Gasteiger partial charge in [0.25, 0.3) is 5.91 Å². The van der Waals surface area contributed by atoms with Gasteiger partial charge in [-0.2, -0.15) is 10.4 Å². The first-order chi connectivity index (χ1) is 16.0. The van der Waals surface area contributed by atoms with Crippen LogP contribution in [0.5, 0.6) is 0 Å². The molecule has 0 saturated heterocycles. The Labute approximate surface area is 193 Å². The number of hydrogen-bond acceptors (Lipinski definition) is 4. The highest BCUT2D eigenvalue weighted by molar-refractivity contribution is 6.06. The predicted octanol–water partition coefficient (Wildman–Crippen LogP) is 5.38. The molecule has 0 aliphatic carbocycles.